The Morgan fingerprint density at radius 2 is 2.29 bits per heavy atom. The second kappa shape index (κ2) is 3.95. The third-order valence-electron chi connectivity index (χ3n) is 2.96. The van der Waals surface area contributed by atoms with Crippen LogP contribution >= 0.6 is 0 Å². The van der Waals surface area contributed by atoms with E-state index < -0.39 is 0 Å². The van der Waals surface area contributed by atoms with Crippen molar-refractivity contribution in [3.8, 4) is 0 Å². The largest absolute Gasteiger partial charge is 0.350 e. The Morgan fingerprint density at radius 1 is 1.50 bits per heavy atom. The summed E-state index contributed by atoms with van der Waals surface area (Å²) in [7, 11) is 0. The van der Waals surface area contributed by atoms with Gasteiger partial charge in [0.15, 0.2) is 0 Å². The summed E-state index contributed by atoms with van der Waals surface area (Å²) in [6.45, 7) is 2.05. The van der Waals surface area contributed by atoms with Crippen molar-refractivity contribution in [3.05, 3.63) is 12.3 Å². The van der Waals surface area contributed by atoms with Gasteiger partial charge in [0.1, 0.15) is 5.84 Å². The van der Waals surface area contributed by atoms with Crippen LogP contribution in [0.3, 0.4) is 0 Å². The Balaban J connectivity index is 2.02. The van der Waals surface area contributed by atoms with Crippen LogP contribution in [0, 0.1) is 11.3 Å². The quantitative estimate of drug-likeness (QED) is 0.655. The zero-order valence-electron chi connectivity index (χ0n) is 8.59. The summed E-state index contributed by atoms with van der Waals surface area (Å²) in [5, 5.41) is 11.0. The van der Waals surface area contributed by atoms with Crippen LogP contribution < -0.4 is 5.32 Å². The van der Waals surface area contributed by atoms with E-state index in [2.05, 4.69) is 10.3 Å². The minimum Gasteiger partial charge on any atom is -0.350 e. The second-order valence-corrected chi connectivity index (χ2v) is 4.15. The molecule has 0 aromatic heterocycles. The van der Waals surface area contributed by atoms with E-state index in [1.807, 2.05) is 19.2 Å². The van der Waals surface area contributed by atoms with Crippen LogP contribution in [0.25, 0.3) is 0 Å². The molecule has 14 heavy (non-hydrogen) atoms. The maximum atomic E-state index is 7.81. The fraction of sp³-hybridized carbons (Fsp3) is 0.636. The third-order valence-corrected chi connectivity index (χ3v) is 2.96. The van der Waals surface area contributed by atoms with Gasteiger partial charge >= 0.3 is 0 Å². The van der Waals surface area contributed by atoms with E-state index in [9.17, 15) is 0 Å². The van der Waals surface area contributed by atoms with Gasteiger partial charge in [-0.3, -0.25) is 4.99 Å². The number of allylic oxidation sites excluding steroid dienone is 1. The molecule has 1 heterocycles. The molecule has 0 bridgehead atoms. The Hall–Kier alpha value is -1.12. The van der Waals surface area contributed by atoms with Crippen LogP contribution in [0.2, 0.25) is 0 Å². The molecule has 1 atom stereocenters. The number of aliphatic imine (C=N–C) groups is 1. The van der Waals surface area contributed by atoms with Gasteiger partial charge in [-0.2, -0.15) is 0 Å². The van der Waals surface area contributed by atoms with Gasteiger partial charge in [0.25, 0.3) is 0 Å². The maximum Gasteiger partial charge on any atom is 0.106 e. The number of amidine groups is 1. The first-order chi connectivity index (χ1) is 6.75. The average Bonchev–Trinajstić information content (AvgIpc) is 2.23. The highest BCUT2D eigenvalue weighted by molar-refractivity contribution is 6.04. The molecule has 0 aromatic carbocycles. The Labute approximate surface area is 84.8 Å². The first-order valence-corrected chi connectivity index (χ1v) is 5.33. The van der Waals surface area contributed by atoms with Gasteiger partial charge in [0.05, 0.1) is 6.04 Å². The molecule has 2 aliphatic rings. The summed E-state index contributed by atoms with van der Waals surface area (Å²) < 4.78 is 0. The lowest BCUT2D eigenvalue weighted by molar-refractivity contribution is 0.419. The van der Waals surface area contributed by atoms with E-state index >= 15 is 0 Å². The van der Waals surface area contributed by atoms with E-state index in [0.29, 0.717) is 12.5 Å². The van der Waals surface area contributed by atoms with Crippen molar-refractivity contribution in [3.63, 3.8) is 0 Å². The number of hydrogen-bond acceptors (Lipinski definition) is 2. The Kier molecular flexibility index (Phi) is 2.66. The highest BCUT2D eigenvalue weighted by Gasteiger charge is 2.18. The van der Waals surface area contributed by atoms with Crippen LogP contribution in [0.1, 0.15) is 32.6 Å². The van der Waals surface area contributed by atoms with E-state index in [0.717, 1.165) is 11.5 Å². The molecule has 0 amide bonds. The second-order valence-electron chi connectivity index (χ2n) is 4.15. The highest BCUT2D eigenvalue weighted by atomic mass is 15.0. The summed E-state index contributed by atoms with van der Waals surface area (Å²) in [5.74, 6) is 1.22. The molecule has 0 aromatic rings. The number of nitrogens with one attached hydrogen (secondary N) is 2. The molecule has 3 nitrogen and oxygen atoms in total. The SMILES string of the molecule is CC1C=CNC(=NC2CCC2)CC1=N. The topological polar surface area (TPSA) is 48.2 Å². The van der Waals surface area contributed by atoms with Gasteiger partial charge < -0.3 is 10.7 Å². The lowest BCUT2D eigenvalue weighted by Crippen LogP contribution is -2.25. The normalized spacial score (nSPS) is 31.1. The molecular weight excluding hydrogens is 174 g/mol. The maximum absolute atomic E-state index is 7.81. The zero-order valence-corrected chi connectivity index (χ0v) is 8.59. The van der Waals surface area contributed by atoms with E-state index in [4.69, 9.17) is 5.41 Å². The summed E-state index contributed by atoms with van der Waals surface area (Å²) >= 11 is 0. The van der Waals surface area contributed by atoms with Gasteiger partial charge in [-0.05, 0) is 25.5 Å². The molecule has 3 heteroatoms. The van der Waals surface area contributed by atoms with Crippen molar-refractivity contribution in [2.75, 3.05) is 0 Å². The fourth-order valence-corrected chi connectivity index (χ4v) is 1.62. The molecule has 0 radical (unpaired) electrons. The smallest absolute Gasteiger partial charge is 0.106 e. The molecule has 2 rings (SSSR count). The third kappa shape index (κ3) is 2.03. The molecule has 0 spiro atoms. The van der Waals surface area contributed by atoms with Gasteiger partial charge in [0.2, 0.25) is 0 Å². The Morgan fingerprint density at radius 3 is 2.93 bits per heavy atom. The lowest BCUT2D eigenvalue weighted by Gasteiger charge is -2.22. The van der Waals surface area contributed by atoms with Crippen LogP contribution in [-0.4, -0.2) is 17.6 Å². The minimum atomic E-state index is 0.247. The number of nitrogens with zero attached hydrogens (tertiary/aromatic N) is 1. The zero-order chi connectivity index (χ0) is 9.97. The van der Waals surface area contributed by atoms with Gasteiger partial charge in [0, 0.05) is 18.1 Å². The van der Waals surface area contributed by atoms with Crippen molar-refractivity contribution in [2.24, 2.45) is 10.9 Å². The summed E-state index contributed by atoms with van der Waals surface area (Å²) in [4.78, 5) is 4.60. The molecule has 1 saturated carbocycles. The van der Waals surface area contributed by atoms with Crippen LogP contribution in [0.4, 0.5) is 0 Å². The lowest BCUT2D eigenvalue weighted by atomic mass is 9.94. The number of hydrogen-bond donors (Lipinski definition) is 2. The molecule has 1 unspecified atom stereocenters. The average molecular weight is 191 g/mol. The molecule has 76 valence electrons. The van der Waals surface area contributed by atoms with Crippen LogP contribution in [-0.2, 0) is 0 Å². The van der Waals surface area contributed by atoms with Crippen molar-refractivity contribution >= 4 is 11.5 Å². The fourth-order valence-electron chi connectivity index (χ4n) is 1.62. The van der Waals surface area contributed by atoms with Crippen molar-refractivity contribution in [1.29, 1.82) is 5.41 Å². The van der Waals surface area contributed by atoms with E-state index in [1.165, 1.54) is 19.3 Å². The van der Waals surface area contributed by atoms with Gasteiger partial charge in [-0.25, -0.2) is 0 Å². The van der Waals surface area contributed by atoms with E-state index in [1.54, 1.807) is 0 Å². The summed E-state index contributed by atoms with van der Waals surface area (Å²) in [6.07, 6.45) is 8.38. The van der Waals surface area contributed by atoms with Crippen LogP contribution in [0.15, 0.2) is 17.3 Å². The number of rotatable bonds is 1. The highest BCUT2D eigenvalue weighted by Crippen LogP contribution is 2.22. The monoisotopic (exact) mass is 191 g/mol. The van der Waals surface area contributed by atoms with Gasteiger partial charge in [-0.15, -0.1) is 0 Å². The van der Waals surface area contributed by atoms with Gasteiger partial charge in [-0.1, -0.05) is 13.0 Å². The molecule has 1 aliphatic heterocycles. The molecular formula is C11H17N3. The first kappa shape index (κ1) is 9.44. The van der Waals surface area contributed by atoms with Crippen molar-refractivity contribution in [2.45, 2.75) is 38.6 Å². The van der Waals surface area contributed by atoms with Crippen molar-refractivity contribution in [1.82, 2.24) is 5.32 Å². The predicted octanol–water partition coefficient (Wildman–Crippen LogP) is 2.10. The molecule has 0 saturated heterocycles. The molecule has 2 N–H and O–H groups in total. The summed E-state index contributed by atoms with van der Waals surface area (Å²) in [5.41, 5.74) is 0.754. The first-order valence-electron chi connectivity index (χ1n) is 5.33. The van der Waals surface area contributed by atoms with E-state index in [-0.39, 0.29) is 5.92 Å². The molecule has 1 fully saturated rings. The van der Waals surface area contributed by atoms with Crippen molar-refractivity contribution < 1.29 is 0 Å². The predicted molar refractivity (Wildman–Crippen MR) is 58.9 cm³/mol. The van der Waals surface area contributed by atoms with Crippen LogP contribution in [0.5, 0.6) is 0 Å². The Bertz CT molecular complexity index is 287. The summed E-state index contributed by atoms with van der Waals surface area (Å²) in [6, 6.07) is 0.520. The minimum absolute atomic E-state index is 0.247. The standard InChI is InChI=1S/C11H17N3/c1-8-5-6-13-11(7-10(8)12)14-9-3-2-4-9/h5-6,8-9,12H,2-4,7H2,1H3,(H,13,14). The molecule has 1 aliphatic carbocycles.